The first-order chi connectivity index (χ1) is 8.21. The maximum absolute atomic E-state index is 12.5. The van der Waals surface area contributed by atoms with Crippen molar-refractivity contribution in [1.82, 2.24) is 4.90 Å². The predicted molar refractivity (Wildman–Crippen MR) is 71.0 cm³/mol. The molecule has 0 bridgehead atoms. The molecule has 0 N–H and O–H groups in total. The van der Waals surface area contributed by atoms with Crippen molar-refractivity contribution >= 4 is 5.78 Å². The molecule has 0 aliphatic heterocycles. The van der Waals surface area contributed by atoms with Gasteiger partial charge in [-0.3, -0.25) is 9.69 Å². The Hall–Kier alpha value is -0.890. The van der Waals surface area contributed by atoms with Crippen LogP contribution in [0.25, 0.3) is 0 Å². The van der Waals surface area contributed by atoms with Gasteiger partial charge in [0.25, 0.3) is 0 Å². The van der Waals surface area contributed by atoms with Gasteiger partial charge in [0, 0.05) is 6.42 Å². The lowest BCUT2D eigenvalue weighted by Gasteiger charge is -2.44. The molecule has 0 aromatic carbocycles. The van der Waals surface area contributed by atoms with Crippen LogP contribution >= 0.6 is 0 Å². The Kier molecular flexibility index (Phi) is 3.82. The van der Waals surface area contributed by atoms with Crippen molar-refractivity contribution in [2.45, 2.75) is 51.0 Å². The van der Waals surface area contributed by atoms with Crippen LogP contribution in [0, 0.1) is 0 Å². The molecule has 2 aliphatic carbocycles. The second kappa shape index (κ2) is 5.18. The van der Waals surface area contributed by atoms with Crippen molar-refractivity contribution in [1.29, 1.82) is 0 Å². The average Bonchev–Trinajstić information content (AvgIpc) is 2.39. The first-order valence-electron chi connectivity index (χ1n) is 6.83. The number of allylic oxidation sites excluding steroid dienone is 2. The first-order valence-corrected chi connectivity index (χ1v) is 6.83. The molecule has 94 valence electrons. The molecule has 0 amide bonds. The largest absolute Gasteiger partial charge is 0.297 e. The number of carbonyl (C=O) groups is 1. The van der Waals surface area contributed by atoms with E-state index in [2.05, 4.69) is 37.1 Å². The Morgan fingerprint density at radius 3 is 2.76 bits per heavy atom. The van der Waals surface area contributed by atoms with Gasteiger partial charge in [0.2, 0.25) is 0 Å². The summed E-state index contributed by atoms with van der Waals surface area (Å²) in [4.78, 5) is 14.7. The van der Waals surface area contributed by atoms with Crippen LogP contribution in [0.2, 0.25) is 0 Å². The molecule has 17 heavy (non-hydrogen) atoms. The summed E-state index contributed by atoms with van der Waals surface area (Å²) in [6.07, 6.45) is 12.8. The van der Waals surface area contributed by atoms with E-state index in [1.807, 2.05) is 0 Å². The minimum Gasteiger partial charge on any atom is -0.297 e. The first kappa shape index (κ1) is 12.6. The van der Waals surface area contributed by atoms with Crippen LogP contribution < -0.4 is 0 Å². The molecule has 0 heterocycles. The highest BCUT2D eigenvalue weighted by atomic mass is 16.1. The second-order valence-corrected chi connectivity index (χ2v) is 5.14. The van der Waals surface area contributed by atoms with Crippen molar-refractivity contribution in [3.63, 3.8) is 0 Å². The molecule has 1 atom stereocenters. The van der Waals surface area contributed by atoms with Crippen LogP contribution in [0.3, 0.4) is 0 Å². The number of Topliss-reactive ketones (excluding diaryl/α,β-unsaturated/α-hetero) is 1. The van der Waals surface area contributed by atoms with Gasteiger partial charge in [-0.05, 0) is 44.8 Å². The molecule has 2 rings (SSSR count). The van der Waals surface area contributed by atoms with E-state index in [0.29, 0.717) is 5.78 Å². The van der Waals surface area contributed by atoms with Gasteiger partial charge in [-0.15, -0.1) is 0 Å². The zero-order valence-corrected chi connectivity index (χ0v) is 11.0. The third-order valence-electron chi connectivity index (χ3n) is 4.25. The van der Waals surface area contributed by atoms with Crippen LogP contribution in [0.4, 0.5) is 0 Å². The van der Waals surface area contributed by atoms with Crippen LogP contribution in [0.5, 0.6) is 0 Å². The predicted octanol–water partition coefficient (Wildman–Crippen LogP) is 3.10. The summed E-state index contributed by atoms with van der Waals surface area (Å²) in [7, 11) is 2.09. The number of likely N-dealkylation sites (N-methyl/N-ethyl adjacent to an activating group) is 1. The Labute approximate surface area is 104 Å². The summed E-state index contributed by atoms with van der Waals surface area (Å²) in [5.74, 6) is 0.422. The van der Waals surface area contributed by atoms with Gasteiger partial charge < -0.3 is 0 Å². The molecule has 0 unspecified atom stereocenters. The SMILES string of the molecule is CCN(C)[C@]1(C2=CCCC=C2)CCCCC1=O. The minimum absolute atomic E-state index is 0.316. The van der Waals surface area contributed by atoms with Gasteiger partial charge >= 0.3 is 0 Å². The minimum atomic E-state index is -0.316. The summed E-state index contributed by atoms with van der Waals surface area (Å²) in [6, 6.07) is 0. The Morgan fingerprint density at radius 1 is 1.35 bits per heavy atom. The second-order valence-electron chi connectivity index (χ2n) is 5.14. The van der Waals surface area contributed by atoms with Gasteiger partial charge in [0.1, 0.15) is 5.54 Å². The monoisotopic (exact) mass is 233 g/mol. The molecule has 2 nitrogen and oxygen atoms in total. The Morgan fingerprint density at radius 2 is 2.18 bits per heavy atom. The summed E-state index contributed by atoms with van der Waals surface area (Å²) in [6.45, 7) is 3.06. The molecular weight excluding hydrogens is 210 g/mol. The number of carbonyl (C=O) groups excluding carboxylic acids is 1. The van der Waals surface area contributed by atoms with E-state index in [9.17, 15) is 4.79 Å². The Bertz CT molecular complexity index is 356. The Balaban J connectivity index is 2.38. The molecule has 1 saturated carbocycles. The fourth-order valence-corrected chi connectivity index (χ4v) is 3.13. The fourth-order valence-electron chi connectivity index (χ4n) is 3.13. The third-order valence-corrected chi connectivity index (χ3v) is 4.25. The van der Waals surface area contributed by atoms with Gasteiger partial charge in [0.15, 0.2) is 5.78 Å². The number of ketones is 1. The smallest absolute Gasteiger partial charge is 0.157 e. The van der Waals surface area contributed by atoms with E-state index in [1.54, 1.807) is 0 Å². The van der Waals surface area contributed by atoms with E-state index >= 15 is 0 Å². The van der Waals surface area contributed by atoms with Crippen LogP contribution in [-0.2, 0) is 4.79 Å². The van der Waals surface area contributed by atoms with E-state index in [4.69, 9.17) is 0 Å². The molecule has 0 radical (unpaired) electrons. The van der Waals surface area contributed by atoms with Gasteiger partial charge in [-0.1, -0.05) is 31.6 Å². The van der Waals surface area contributed by atoms with E-state index < -0.39 is 0 Å². The number of rotatable bonds is 3. The topological polar surface area (TPSA) is 20.3 Å². The van der Waals surface area contributed by atoms with Crippen molar-refractivity contribution in [3.05, 3.63) is 23.8 Å². The molecule has 0 aromatic rings. The maximum Gasteiger partial charge on any atom is 0.157 e. The van der Waals surface area contributed by atoms with Crippen molar-refractivity contribution in [3.8, 4) is 0 Å². The quantitative estimate of drug-likeness (QED) is 0.746. The summed E-state index contributed by atoms with van der Waals surface area (Å²) in [5, 5.41) is 0. The lowest BCUT2D eigenvalue weighted by atomic mass is 9.72. The zero-order chi connectivity index (χ0) is 12.3. The van der Waals surface area contributed by atoms with Crippen LogP contribution in [0.15, 0.2) is 23.8 Å². The van der Waals surface area contributed by atoms with Gasteiger partial charge in [-0.25, -0.2) is 0 Å². The molecule has 2 aliphatic rings. The third kappa shape index (κ3) is 2.11. The molecule has 0 saturated heterocycles. The maximum atomic E-state index is 12.5. The van der Waals surface area contributed by atoms with Gasteiger partial charge in [-0.2, -0.15) is 0 Å². The van der Waals surface area contributed by atoms with Crippen molar-refractivity contribution in [2.24, 2.45) is 0 Å². The lowest BCUT2D eigenvalue weighted by molar-refractivity contribution is -0.130. The van der Waals surface area contributed by atoms with Crippen molar-refractivity contribution < 1.29 is 4.79 Å². The standard InChI is InChI=1S/C15H23NO/c1-3-16(2)15(12-8-7-11-14(15)17)13-9-5-4-6-10-13/h5,9-10H,3-4,6-8,11-12H2,1-2H3/t15-/m0/s1. The average molecular weight is 233 g/mol. The highest BCUT2D eigenvalue weighted by molar-refractivity contribution is 5.93. The summed E-state index contributed by atoms with van der Waals surface area (Å²) >= 11 is 0. The highest BCUT2D eigenvalue weighted by Gasteiger charge is 2.44. The zero-order valence-electron chi connectivity index (χ0n) is 11.0. The van der Waals surface area contributed by atoms with Crippen LogP contribution in [-0.4, -0.2) is 29.8 Å². The van der Waals surface area contributed by atoms with E-state index in [0.717, 1.165) is 38.6 Å². The lowest BCUT2D eigenvalue weighted by Crippen LogP contribution is -2.55. The number of hydrogen-bond acceptors (Lipinski definition) is 2. The fraction of sp³-hybridized carbons (Fsp3) is 0.667. The van der Waals surface area contributed by atoms with Gasteiger partial charge in [0.05, 0.1) is 0 Å². The van der Waals surface area contributed by atoms with Crippen molar-refractivity contribution in [2.75, 3.05) is 13.6 Å². The summed E-state index contributed by atoms with van der Waals surface area (Å²) < 4.78 is 0. The number of hydrogen-bond donors (Lipinski definition) is 0. The normalized spacial score (nSPS) is 29.6. The molecule has 0 aromatic heterocycles. The molecular formula is C15H23NO. The van der Waals surface area contributed by atoms with Crippen LogP contribution in [0.1, 0.15) is 45.4 Å². The molecule has 0 spiro atoms. The van der Waals surface area contributed by atoms with E-state index in [-0.39, 0.29) is 5.54 Å². The van der Waals surface area contributed by atoms with E-state index in [1.165, 1.54) is 12.0 Å². The summed E-state index contributed by atoms with van der Waals surface area (Å²) in [5.41, 5.74) is 0.932. The highest BCUT2D eigenvalue weighted by Crippen LogP contribution is 2.38. The number of nitrogens with zero attached hydrogens (tertiary/aromatic N) is 1. The molecule has 2 heteroatoms. The molecule has 1 fully saturated rings.